The lowest BCUT2D eigenvalue weighted by atomic mass is 10.3. The lowest BCUT2D eigenvalue weighted by Gasteiger charge is -2.03. The number of benzene rings is 2. The molecule has 1 N–H and O–H groups in total. The van der Waals surface area contributed by atoms with Gasteiger partial charge in [-0.15, -0.1) is 10.2 Å². The van der Waals surface area contributed by atoms with E-state index in [1.165, 1.54) is 0 Å². The van der Waals surface area contributed by atoms with E-state index >= 15 is 0 Å². The molecule has 0 heterocycles. The topological polar surface area (TPSA) is 79.1 Å². The van der Waals surface area contributed by atoms with Gasteiger partial charge < -0.3 is 0 Å². The van der Waals surface area contributed by atoms with Gasteiger partial charge in [0, 0.05) is 4.47 Å². The van der Waals surface area contributed by atoms with E-state index < -0.39 is 49.7 Å². The number of nitrogens with zero attached hydrogens (tertiary/aromatic N) is 2. The molecule has 0 fully saturated rings. The second kappa shape index (κ2) is 6.34. The summed E-state index contributed by atoms with van der Waals surface area (Å²) in [6.45, 7) is 0. The first-order valence-electron chi connectivity index (χ1n) is 5.62. The Hall–Kier alpha value is -1.85. The third-order valence-corrected chi connectivity index (χ3v) is 3.81. The molecule has 11 heteroatoms. The first-order chi connectivity index (χ1) is 10.6. The monoisotopic (exact) mass is 412 g/mol. The minimum absolute atomic E-state index is 0.0846. The summed E-state index contributed by atoms with van der Waals surface area (Å²) in [6, 6.07) is 2.32. The van der Waals surface area contributed by atoms with Crippen LogP contribution in [0.25, 0.3) is 0 Å². The van der Waals surface area contributed by atoms with Crippen molar-refractivity contribution >= 4 is 37.4 Å². The van der Waals surface area contributed by atoms with E-state index in [9.17, 15) is 26.0 Å². The van der Waals surface area contributed by atoms with Crippen LogP contribution in [0.3, 0.4) is 0 Å². The van der Waals surface area contributed by atoms with Crippen LogP contribution in [-0.4, -0.2) is 13.0 Å². The summed E-state index contributed by atoms with van der Waals surface area (Å²) in [4.78, 5) is -1.03. The Kier molecular flexibility index (Phi) is 4.82. The van der Waals surface area contributed by atoms with Crippen molar-refractivity contribution in [1.82, 2.24) is 0 Å². The predicted molar refractivity (Wildman–Crippen MR) is 74.4 cm³/mol. The van der Waals surface area contributed by atoms with Gasteiger partial charge in [0.2, 0.25) is 0 Å². The molecule has 0 spiro atoms. The maximum Gasteiger partial charge on any atom is 0.294 e. The summed E-state index contributed by atoms with van der Waals surface area (Å²) in [5, 5.41) is 6.15. The molecule has 0 saturated heterocycles. The van der Waals surface area contributed by atoms with Crippen molar-refractivity contribution in [3.8, 4) is 0 Å². The zero-order chi connectivity index (χ0) is 17.4. The van der Waals surface area contributed by atoms with Crippen molar-refractivity contribution in [2.75, 3.05) is 0 Å². The number of hydrogen-bond acceptors (Lipinski definition) is 4. The van der Waals surface area contributed by atoms with Crippen LogP contribution in [-0.2, 0) is 10.1 Å². The van der Waals surface area contributed by atoms with Crippen LogP contribution in [0.2, 0.25) is 0 Å². The average molecular weight is 413 g/mol. The molecule has 0 amide bonds. The normalized spacial score (nSPS) is 12.1. The minimum Gasteiger partial charge on any atom is -0.282 e. The van der Waals surface area contributed by atoms with Crippen LogP contribution in [0.4, 0.5) is 28.9 Å². The highest BCUT2D eigenvalue weighted by atomic mass is 79.9. The Bertz CT molecular complexity index is 873. The maximum atomic E-state index is 13.6. The van der Waals surface area contributed by atoms with Gasteiger partial charge in [0.15, 0.2) is 34.6 Å². The minimum atomic E-state index is -4.83. The summed E-state index contributed by atoms with van der Waals surface area (Å²) in [5.41, 5.74) is -1.95. The molecule has 0 radical (unpaired) electrons. The van der Waals surface area contributed by atoms with Crippen molar-refractivity contribution in [1.29, 1.82) is 0 Å². The first kappa shape index (κ1) is 17.5. The third-order valence-electron chi connectivity index (χ3n) is 2.52. The predicted octanol–water partition coefficient (Wildman–Crippen LogP) is 4.67. The summed E-state index contributed by atoms with van der Waals surface area (Å²) >= 11 is 2.84. The van der Waals surface area contributed by atoms with E-state index in [0.717, 1.165) is 12.1 Å². The Morgan fingerprint density at radius 3 is 1.52 bits per heavy atom. The standard InChI is InChI=1S/C12H5BrF4N2O3S/c13-5-1-7(14)11(8(15)2-5)18-19-12-9(16)3-6(4-10(12)17)23(20,21)22/h1-4H,(H,20,21,22). The van der Waals surface area contributed by atoms with Crippen molar-refractivity contribution < 1.29 is 30.5 Å². The highest BCUT2D eigenvalue weighted by Crippen LogP contribution is 2.31. The summed E-state index contributed by atoms with van der Waals surface area (Å²) in [7, 11) is -4.83. The Balaban J connectivity index is 2.49. The molecule has 2 aromatic rings. The molecule has 0 aliphatic heterocycles. The quantitative estimate of drug-likeness (QED) is 0.452. The molecule has 0 unspecified atom stereocenters. The van der Waals surface area contributed by atoms with Gasteiger partial charge >= 0.3 is 0 Å². The lowest BCUT2D eigenvalue weighted by Crippen LogP contribution is -2.00. The van der Waals surface area contributed by atoms with Crippen molar-refractivity contribution in [3.05, 3.63) is 52.0 Å². The van der Waals surface area contributed by atoms with Gasteiger partial charge in [0.25, 0.3) is 10.1 Å². The summed E-state index contributed by atoms with van der Waals surface area (Å²) < 4.78 is 84.7. The first-order valence-corrected chi connectivity index (χ1v) is 7.85. The molecule has 0 saturated carbocycles. The summed E-state index contributed by atoms with van der Waals surface area (Å²) in [5.74, 6) is -5.23. The third kappa shape index (κ3) is 3.92. The fourth-order valence-electron chi connectivity index (χ4n) is 1.52. The van der Waals surface area contributed by atoms with Crippen LogP contribution >= 0.6 is 15.9 Å². The zero-order valence-electron chi connectivity index (χ0n) is 10.8. The Morgan fingerprint density at radius 2 is 1.17 bits per heavy atom. The highest BCUT2D eigenvalue weighted by Gasteiger charge is 2.18. The van der Waals surface area contributed by atoms with E-state index in [-0.39, 0.29) is 4.47 Å². The number of rotatable bonds is 3. The highest BCUT2D eigenvalue weighted by molar-refractivity contribution is 9.10. The van der Waals surface area contributed by atoms with Gasteiger partial charge in [0.05, 0.1) is 4.90 Å². The molecule has 0 atom stereocenters. The van der Waals surface area contributed by atoms with Gasteiger partial charge in [-0.2, -0.15) is 8.42 Å². The molecular weight excluding hydrogens is 408 g/mol. The Morgan fingerprint density at radius 1 is 0.826 bits per heavy atom. The van der Waals surface area contributed by atoms with Crippen LogP contribution in [0, 0.1) is 23.3 Å². The molecule has 0 aliphatic rings. The second-order valence-electron chi connectivity index (χ2n) is 4.13. The van der Waals surface area contributed by atoms with E-state index in [1.54, 1.807) is 0 Å². The molecule has 0 bridgehead atoms. The van der Waals surface area contributed by atoms with Crippen molar-refractivity contribution in [3.63, 3.8) is 0 Å². The number of hydrogen-bond donors (Lipinski definition) is 1. The summed E-state index contributed by atoms with van der Waals surface area (Å²) in [6.07, 6.45) is 0. The van der Waals surface area contributed by atoms with Crippen molar-refractivity contribution in [2.45, 2.75) is 4.90 Å². The lowest BCUT2D eigenvalue weighted by molar-refractivity contribution is 0.480. The van der Waals surface area contributed by atoms with E-state index in [0.29, 0.717) is 12.1 Å². The fraction of sp³-hybridized carbons (Fsp3) is 0. The molecule has 23 heavy (non-hydrogen) atoms. The molecule has 2 rings (SSSR count). The Labute approximate surface area is 135 Å². The average Bonchev–Trinajstić information content (AvgIpc) is 2.38. The van der Waals surface area contributed by atoms with Crippen LogP contribution in [0.5, 0.6) is 0 Å². The SMILES string of the molecule is O=S(=O)(O)c1cc(F)c(N=Nc2c(F)cc(Br)cc2F)c(F)c1. The molecule has 5 nitrogen and oxygen atoms in total. The van der Waals surface area contributed by atoms with Crippen LogP contribution in [0.15, 0.2) is 43.9 Å². The number of azo groups is 1. The maximum absolute atomic E-state index is 13.6. The molecule has 122 valence electrons. The van der Waals surface area contributed by atoms with E-state index in [1.807, 2.05) is 0 Å². The zero-order valence-corrected chi connectivity index (χ0v) is 13.2. The van der Waals surface area contributed by atoms with Crippen LogP contribution in [0.1, 0.15) is 0 Å². The van der Waals surface area contributed by atoms with E-state index in [2.05, 4.69) is 26.2 Å². The van der Waals surface area contributed by atoms with Crippen molar-refractivity contribution in [2.24, 2.45) is 10.2 Å². The van der Waals surface area contributed by atoms with Gasteiger partial charge in [-0.05, 0) is 24.3 Å². The fourth-order valence-corrected chi connectivity index (χ4v) is 2.42. The number of halogens is 5. The second-order valence-corrected chi connectivity index (χ2v) is 6.47. The van der Waals surface area contributed by atoms with Crippen LogP contribution < -0.4 is 0 Å². The van der Waals surface area contributed by atoms with Gasteiger partial charge in [0.1, 0.15) is 0 Å². The van der Waals surface area contributed by atoms with Gasteiger partial charge in [-0.3, -0.25) is 4.55 Å². The van der Waals surface area contributed by atoms with Gasteiger partial charge in [-0.25, -0.2) is 17.6 Å². The van der Waals surface area contributed by atoms with Gasteiger partial charge in [-0.1, -0.05) is 15.9 Å². The smallest absolute Gasteiger partial charge is 0.282 e. The molecule has 0 aromatic heterocycles. The molecule has 0 aliphatic carbocycles. The molecule has 2 aromatic carbocycles. The largest absolute Gasteiger partial charge is 0.294 e. The molecular formula is C12H5BrF4N2O3S. The van der Waals surface area contributed by atoms with E-state index in [4.69, 9.17) is 4.55 Å².